The summed E-state index contributed by atoms with van der Waals surface area (Å²) < 4.78 is 38.0. The minimum Gasteiger partial charge on any atom is -0.458 e. The van der Waals surface area contributed by atoms with Crippen molar-refractivity contribution in [2.45, 2.75) is 54.5 Å². The van der Waals surface area contributed by atoms with Crippen molar-refractivity contribution in [3.8, 4) is 0 Å². The van der Waals surface area contributed by atoms with Crippen LogP contribution in [0.25, 0.3) is 0 Å². The van der Waals surface area contributed by atoms with E-state index in [0.29, 0.717) is 0 Å². The zero-order valence-electron chi connectivity index (χ0n) is 18.1. The number of rotatable bonds is 6. The molecule has 0 radical (unpaired) electrons. The van der Waals surface area contributed by atoms with Gasteiger partial charge in [-0.2, -0.15) is 9.82 Å². The molecule has 0 spiro atoms. The second-order valence-corrected chi connectivity index (χ2v) is 13.0. The molecule has 3 atom stereocenters. The Morgan fingerprint density at radius 1 is 1.22 bits per heavy atom. The minimum atomic E-state index is -4.00. The second-order valence-electron chi connectivity index (χ2n) is 8.94. The topological polar surface area (TPSA) is 90.3 Å². The van der Waals surface area contributed by atoms with Gasteiger partial charge in [0.15, 0.2) is 5.54 Å². The van der Waals surface area contributed by atoms with Crippen molar-refractivity contribution >= 4 is 49.9 Å². The molecule has 4 rings (SSSR count). The molecule has 0 aliphatic heterocycles. The molecular formula is C22H24IN3O4S2. The Bertz CT molecular complexity index is 1240. The molecule has 1 N–H and O–H groups in total. The third-order valence-electron chi connectivity index (χ3n) is 5.65. The highest BCUT2D eigenvalue weighted by Gasteiger charge is 2.83. The molecule has 10 heteroatoms. The standard InChI is InChI=1S/C22H24IN3O4S2/c1-20(2,3)30-19(27)22(25-32(28,29)17-11-8-12-31-17)18(15-9-6-5-7-10-15)21(22,4)26-14-16(23)13-24-26/h5-14,18,25H,1-4H3. The molecule has 0 saturated heterocycles. The molecule has 2 aromatic heterocycles. The van der Waals surface area contributed by atoms with E-state index in [1.165, 1.54) is 6.07 Å². The maximum atomic E-state index is 13.8. The van der Waals surface area contributed by atoms with E-state index in [2.05, 4.69) is 32.4 Å². The molecule has 3 unspecified atom stereocenters. The van der Waals surface area contributed by atoms with Crippen molar-refractivity contribution in [1.29, 1.82) is 0 Å². The first kappa shape index (κ1) is 23.4. The molecule has 1 saturated carbocycles. The van der Waals surface area contributed by atoms with Gasteiger partial charge < -0.3 is 4.74 Å². The normalized spacial score (nSPS) is 25.5. The van der Waals surface area contributed by atoms with Gasteiger partial charge in [-0.1, -0.05) is 36.4 Å². The number of aromatic nitrogens is 2. The zero-order chi connectivity index (χ0) is 23.4. The number of halogens is 1. The first-order valence-electron chi connectivity index (χ1n) is 9.98. The van der Waals surface area contributed by atoms with Crippen LogP contribution < -0.4 is 4.72 Å². The van der Waals surface area contributed by atoms with Gasteiger partial charge in [0, 0.05) is 12.1 Å². The molecule has 1 aromatic carbocycles. The van der Waals surface area contributed by atoms with Gasteiger partial charge >= 0.3 is 5.97 Å². The lowest BCUT2D eigenvalue weighted by Gasteiger charge is -2.27. The number of thiophene rings is 1. The number of benzene rings is 1. The molecule has 0 bridgehead atoms. The molecule has 2 heterocycles. The van der Waals surface area contributed by atoms with Gasteiger partial charge in [0.25, 0.3) is 10.0 Å². The van der Waals surface area contributed by atoms with E-state index in [1.54, 1.807) is 43.1 Å². The summed E-state index contributed by atoms with van der Waals surface area (Å²) in [6.45, 7) is 7.13. The Balaban J connectivity index is 1.92. The fraction of sp³-hybridized carbons (Fsp3) is 0.364. The van der Waals surface area contributed by atoms with Crippen LogP contribution in [0.15, 0.2) is 64.4 Å². The van der Waals surface area contributed by atoms with Gasteiger partial charge in [-0.05, 0) is 67.3 Å². The quantitative estimate of drug-likeness (QED) is 0.348. The van der Waals surface area contributed by atoms with E-state index in [9.17, 15) is 13.2 Å². The smallest absolute Gasteiger partial charge is 0.331 e. The third kappa shape index (κ3) is 3.80. The largest absolute Gasteiger partial charge is 0.458 e. The Kier molecular flexibility index (Phi) is 5.80. The lowest BCUT2D eigenvalue weighted by molar-refractivity contribution is -0.159. The maximum absolute atomic E-state index is 13.8. The van der Waals surface area contributed by atoms with Crippen molar-refractivity contribution in [3.63, 3.8) is 0 Å². The van der Waals surface area contributed by atoms with Gasteiger partial charge in [0.2, 0.25) is 0 Å². The summed E-state index contributed by atoms with van der Waals surface area (Å²) in [7, 11) is -4.00. The Labute approximate surface area is 205 Å². The van der Waals surface area contributed by atoms with Crippen LogP contribution in [0.3, 0.4) is 0 Å². The van der Waals surface area contributed by atoms with Gasteiger partial charge in [0.05, 0.1) is 15.3 Å². The number of carbonyl (C=O) groups is 1. The monoisotopic (exact) mass is 585 g/mol. The van der Waals surface area contributed by atoms with Crippen molar-refractivity contribution in [2.24, 2.45) is 0 Å². The summed E-state index contributed by atoms with van der Waals surface area (Å²) in [5.41, 5.74) is -2.59. The number of hydrogen-bond acceptors (Lipinski definition) is 6. The third-order valence-corrected chi connectivity index (χ3v) is 9.07. The van der Waals surface area contributed by atoms with Crippen LogP contribution in [0.5, 0.6) is 0 Å². The first-order chi connectivity index (χ1) is 14.9. The van der Waals surface area contributed by atoms with Crippen LogP contribution in [0, 0.1) is 3.57 Å². The number of sulfonamides is 1. The predicted molar refractivity (Wildman–Crippen MR) is 131 cm³/mol. The highest BCUT2D eigenvalue weighted by Crippen LogP contribution is 2.66. The van der Waals surface area contributed by atoms with E-state index in [1.807, 2.05) is 43.5 Å². The number of hydrogen-bond donors (Lipinski definition) is 1. The molecule has 170 valence electrons. The summed E-state index contributed by atoms with van der Waals surface area (Å²) >= 11 is 3.24. The van der Waals surface area contributed by atoms with Gasteiger partial charge in [0.1, 0.15) is 9.81 Å². The summed E-state index contributed by atoms with van der Waals surface area (Å²) in [6.07, 6.45) is 3.49. The van der Waals surface area contributed by atoms with Gasteiger partial charge in [-0.3, -0.25) is 4.68 Å². The van der Waals surface area contributed by atoms with Gasteiger partial charge in [-0.25, -0.2) is 13.2 Å². The number of carbonyl (C=O) groups excluding carboxylic acids is 1. The molecule has 1 aliphatic carbocycles. The van der Waals surface area contributed by atoms with Crippen molar-refractivity contribution in [3.05, 3.63) is 69.4 Å². The molecule has 7 nitrogen and oxygen atoms in total. The summed E-state index contributed by atoms with van der Waals surface area (Å²) in [5.74, 6) is -1.16. The predicted octanol–water partition coefficient (Wildman–Crippen LogP) is 4.12. The first-order valence-corrected chi connectivity index (χ1v) is 13.4. The second kappa shape index (κ2) is 7.93. The number of esters is 1. The van der Waals surface area contributed by atoms with Crippen LogP contribution in [-0.2, 0) is 25.1 Å². The minimum absolute atomic E-state index is 0.136. The summed E-state index contributed by atoms with van der Waals surface area (Å²) in [6, 6.07) is 12.6. The SMILES string of the molecule is CC(C)(C)OC(=O)C1(NS(=O)(=O)c2cccs2)C(c2ccccc2)C1(C)n1cc(I)cn1. The molecule has 1 aliphatic rings. The van der Waals surface area contributed by atoms with Crippen LogP contribution >= 0.6 is 33.9 Å². The van der Waals surface area contributed by atoms with Crippen molar-refractivity contribution < 1.29 is 17.9 Å². The molecule has 1 fully saturated rings. The van der Waals surface area contributed by atoms with Crippen LogP contribution in [0.2, 0.25) is 0 Å². The van der Waals surface area contributed by atoms with Crippen molar-refractivity contribution in [2.75, 3.05) is 0 Å². The van der Waals surface area contributed by atoms with E-state index in [0.717, 1.165) is 20.5 Å². The average Bonchev–Trinajstić information content (AvgIpc) is 3.17. The Morgan fingerprint density at radius 2 is 1.91 bits per heavy atom. The number of nitrogens with zero attached hydrogens (tertiary/aromatic N) is 2. The summed E-state index contributed by atoms with van der Waals surface area (Å²) in [5, 5.41) is 6.15. The number of nitrogens with one attached hydrogen (secondary N) is 1. The zero-order valence-corrected chi connectivity index (χ0v) is 21.9. The fourth-order valence-electron chi connectivity index (χ4n) is 4.26. The van der Waals surface area contributed by atoms with Crippen LogP contribution in [0.4, 0.5) is 0 Å². The molecular weight excluding hydrogens is 561 g/mol. The van der Waals surface area contributed by atoms with Crippen LogP contribution in [-0.4, -0.2) is 35.3 Å². The lowest BCUT2D eigenvalue weighted by Crippen LogP contribution is -2.52. The van der Waals surface area contributed by atoms with Crippen LogP contribution in [0.1, 0.15) is 39.2 Å². The molecule has 3 aromatic rings. The van der Waals surface area contributed by atoms with E-state index < -0.39 is 38.6 Å². The lowest BCUT2D eigenvalue weighted by atomic mass is 10.1. The maximum Gasteiger partial charge on any atom is 0.331 e. The fourth-order valence-corrected chi connectivity index (χ4v) is 7.08. The number of ether oxygens (including phenoxy) is 1. The molecule has 32 heavy (non-hydrogen) atoms. The average molecular weight is 585 g/mol. The van der Waals surface area contributed by atoms with E-state index >= 15 is 0 Å². The highest BCUT2D eigenvalue weighted by atomic mass is 127. The summed E-state index contributed by atoms with van der Waals surface area (Å²) in [4.78, 5) is 13.8. The van der Waals surface area contributed by atoms with E-state index in [-0.39, 0.29) is 4.21 Å². The Morgan fingerprint density at radius 3 is 2.44 bits per heavy atom. The molecule has 0 amide bonds. The highest BCUT2D eigenvalue weighted by molar-refractivity contribution is 14.1. The Hall–Kier alpha value is -1.76. The van der Waals surface area contributed by atoms with E-state index in [4.69, 9.17) is 4.74 Å². The van der Waals surface area contributed by atoms with Gasteiger partial charge in [-0.15, -0.1) is 11.3 Å². The van der Waals surface area contributed by atoms with Crippen molar-refractivity contribution in [1.82, 2.24) is 14.5 Å².